The maximum atomic E-state index is 8.83. The Morgan fingerprint density at radius 1 is 0.739 bits per heavy atom. The van der Waals surface area contributed by atoms with E-state index in [-0.39, 0.29) is 12.8 Å². The Morgan fingerprint density at radius 3 is 1.52 bits per heavy atom. The average Bonchev–Trinajstić information content (AvgIpc) is 2.56. The van der Waals surface area contributed by atoms with Crippen LogP contribution in [0.15, 0.2) is 36.4 Å². The van der Waals surface area contributed by atoms with Gasteiger partial charge >= 0.3 is 0 Å². The number of nitrogens with zero attached hydrogens (tertiary/aromatic N) is 2. The molecule has 0 N–H and O–H groups in total. The second-order valence-corrected chi connectivity index (χ2v) is 4.74. The van der Waals surface area contributed by atoms with Crippen LogP contribution in [0.1, 0.15) is 11.1 Å². The summed E-state index contributed by atoms with van der Waals surface area (Å²) in [5, 5.41) is 17.7. The summed E-state index contributed by atoms with van der Waals surface area (Å²) in [6.45, 7) is 0. The Bertz CT molecular complexity index is 707. The zero-order valence-corrected chi connectivity index (χ0v) is 13.0. The van der Waals surface area contributed by atoms with Gasteiger partial charge in [-0.05, 0) is 35.4 Å². The quantitative estimate of drug-likeness (QED) is 0.814. The molecule has 0 bridgehead atoms. The zero-order chi connectivity index (χ0) is 16.7. The van der Waals surface area contributed by atoms with Gasteiger partial charge in [0.05, 0.1) is 39.2 Å². The van der Waals surface area contributed by atoms with Crippen molar-refractivity contribution in [3.05, 3.63) is 47.5 Å². The van der Waals surface area contributed by atoms with E-state index in [1.165, 1.54) is 0 Å². The van der Waals surface area contributed by atoms with Crippen molar-refractivity contribution >= 4 is 0 Å². The second-order valence-electron chi connectivity index (χ2n) is 4.74. The van der Waals surface area contributed by atoms with E-state index in [9.17, 15) is 0 Å². The van der Waals surface area contributed by atoms with Gasteiger partial charge in [0.25, 0.3) is 0 Å². The van der Waals surface area contributed by atoms with E-state index in [0.29, 0.717) is 23.0 Å². The van der Waals surface area contributed by atoms with Crippen molar-refractivity contribution in [1.82, 2.24) is 0 Å². The molecule has 0 heterocycles. The molecule has 0 atom stereocenters. The summed E-state index contributed by atoms with van der Waals surface area (Å²) in [5.74, 6) is 2.10. The largest absolute Gasteiger partial charge is 0.493 e. The third-order valence-corrected chi connectivity index (χ3v) is 3.24. The molecule has 0 aliphatic heterocycles. The highest BCUT2D eigenvalue weighted by molar-refractivity contribution is 5.50. The molecule has 0 spiro atoms. The standard InChI is InChI=1S/C18H16N2O3/c1-21-15-5-3-13(7-9-19)11-17(15)23-18-12-14(8-10-20)4-6-16(18)22-2/h3-6,11-12H,7-8H2,1-2H3. The number of hydrogen-bond donors (Lipinski definition) is 0. The van der Waals surface area contributed by atoms with E-state index in [1.807, 2.05) is 12.1 Å². The topological polar surface area (TPSA) is 75.3 Å². The van der Waals surface area contributed by atoms with Crippen LogP contribution in [-0.2, 0) is 12.8 Å². The van der Waals surface area contributed by atoms with Gasteiger partial charge in [-0.15, -0.1) is 0 Å². The van der Waals surface area contributed by atoms with Crippen LogP contribution in [0.4, 0.5) is 0 Å². The molecule has 2 aromatic carbocycles. The van der Waals surface area contributed by atoms with Gasteiger partial charge in [-0.3, -0.25) is 0 Å². The fourth-order valence-electron chi connectivity index (χ4n) is 2.12. The lowest BCUT2D eigenvalue weighted by atomic mass is 10.1. The minimum atomic E-state index is 0.284. The number of nitriles is 2. The second kappa shape index (κ2) is 7.72. The number of benzene rings is 2. The van der Waals surface area contributed by atoms with Gasteiger partial charge in [-0.25, -0.2) is 0 Å². The lowest BCUT2D eigenvalue weighted by Gasteiger charge is -2.14. The van der Waals surface area contributed by atoms with Gasteiger partial charge in [-0.1, -0.05) is 12.1 Å². The summed E-state index contributed by atoms with van der Waals surface area (Å²) in [6.07, 6.45) is 0.567. The maximum absolute atomic E-state index is 8.83. The van der Waals surface area contributed by atoms with Crippen LogP contribution >= 0.6 is 0 Å². The molecule has 0 saturated carbocycles. The first-order valence-electron chi connectivity index (χ1n) is 6.97. The van der Waals surface area contributed by atoms with Crippen LogP contribution < -0.4 is 14.2 Å². The lowest BCUT2D eigenvalue weighted by Crippen LogP contribution is -1.96. The molecule has 0 aromatic heterocycles. The Labute approximate surface area is 135 Å². The van der Waals surface area contributed by atoms with Crippen molar-refractivity contribution < 1.29 is 14.2 Å². The average molecular weight is 308 g/mol. The minimum Gasteiger partial charge on any atom is -0.493 e. The van der Waals surface area contributed by atoms with Crippen molar-refractivity contribution in [2.45, 2.75) is 12.8 Å². The molecule has 0 saturated heterocycles. The minimum absolute atomic E-state index is 0.284. The van der Waals surface area contributed by atoms with Crippen molar-refractivity contribution in [3.8, 4) is 35.1 Å². The summed E-state index contributed by atoms with van der Waals surface area (Å²) >= 11 is 0. The first-order chi connectivity index (χ1) is 11.2. The molecule has 0 unspecified atom stereocenters. The van der Waals surface area contributed by atoms with Gasteiger partial charge in [0.15, 0.2) is 23.0 Å². The smallest absolute Gasteiger partial charge is 0.169 e. The Kier molecular flexibility index (Phi) is 5.44. The van der Waals surface area contributed by atoms with E-state index in [0.717, 1.165) is 11.1 Å². The molecular weight excluding hydrogens is 292 g/mol. The molecule has 0 amide bonds. The van der Waals surface area contributed by atoms with Gasteiger partial charge in [0, 0.05) is 0 Å². The number of methoxy groups -OCH3 is 2. The zero-order valence-electron chi connectivity index (χ0n) is 13.0. The molecule has 5 nitrogen and oxygen atoms in total. The molecule has 23 heavy (non-hydrogen) atoms. The molecule has 116 valence electrons. The molecule has 2 rings (SSSR count). The van der Waals surface area contributed by atoms with Crippen molar-refractivity contribution in [2.75, 3.05) is 14.2 Å². The molecule has 0 aliphatic rings. The van der Waals surface area contributed by atoms with Gasteiger partial charge in [0.1, 0.15) is 0 Å². The van der Waals surface area contributed by atoms with Crippen LogP contribution in [0.5, 0.6) is 23.0 Å². The van der Waals surface area contributed by atoms with Gasteiger partial charge < -0.3 is 14.2 Å². The molecule has 0 radical (unpaired) electrons. The Morgan fingerprint density at radius 2 is 1.17 bits per heavy atom. The third-order valence-electron chi connectivity index (χ3n) is 3.24. The summed E-state index contributed by atoms with van der Waals surface area (Å²) in [6, 6.07) is 14.9. The highest BCUT2D eigenvalue weighted by atomic mass is 16.5. The normalized spacial score (nSPS) is 9.57. The number of hydrogen-bond acceptors (Lipinski definition) is 5. The molecule has 0 fully saturated rings. The number of rotatable bonds is 6. The highest BCUT2D eigenvalue weighted by Gasteiger charge is 2.12. The fraction of sp³-hybridized carbons (Fsp3) is 0.222. The summed E-state index contributed by atoms with van der Waals surface area (Å²) in [4.78, 5) is 0. The first kappa shape index (κ1) is 16.2. The van der Waals surface area contributed by atoms with E-state index in [1.54, 1.807) is 38.5 Å². The van der Waals surface area contributed by atoms with Crippen LogP contribution in [0.3, 0.4) is 0 Å². The van der Waals surface area contributed by atoms with Crippen LogP contribution in [-0.4, -0.2) is 14.2 Å². The van der Waals surface area contributed by atoms with Crippen molar-refractivity contribution in [2.24, 2.45) is 0 Å². The monoisotopic (exact) mass is 308 g/mol. The molecule has 0 aliphatic carbocycles. The summed E-state index contributed by atoms with van der Waals surface area (Å²) < 4.78 is 16.5. The fourth-order valence-corrected chi connectivity index (χ4v) is 2.12. The molecular formula is C18H16N2O3. The van der Waals surface area contributed by atoms with Crippen molar-refractivity contribution in [1.29, 1.82) is 10.5 Å². The molecule has 5 heteroatoms. The van der Waals surface area contributed by atoms with Crippen LogP contribution in [0.2, 0.25) is 0 Å². The van der Waals surface area contributed by atoms with E-state index >= 15 is 0 Å². The Balaban J connectivity index is 2.41. The first-order valence-corrected chi connectivity index (χ1v) is 6.97. The lowest BCUT2D eigenvalue weighted by molar-refractivity contribution is 0.356. The molecule has 2 aromatic rings. The predicted octanol–water partition coefficient (Wildman–Crippen LogP) is 3.63. The van der Waals surface area contributed by atoms with E-state index in [2.05, 4.69) is 12.1 Å². The van der Waals surface area contributed by atoms with Crippen LogP contribution in [0, 0.1) is 22.7 Å². The highest BCUT2D eigenvalue weighted by Crippen LogP contribution is 2.37. The van der Waals surface area contributed by atoms with E-state index < -0.39 is 0 Å². The summed E-state index contributed by atoms with van der Waals surface area (Å²) in [5.41, 5.74) is 1.66. The number of ether oxygens (including phenoxy) is 3. The van der Waals surface area contributed by atoms with Gasteiger partial charge in [0.2, 0.25) is 0 Å². The Hall–Kier alpha value is -3.18. The third kappa shape index (κ3) is 3.93. The SMILES string of the molecule is COc1ccc(CC#N)cc1Oc1cc(CC#N)ccc1OC. The predicted molar refractivity (Wildman–Crippen MR) is 84.7 cm³/mol. The van der Waals surface area contributed by atoms with Crippen LogP contribution in [0.25, 0.3) is 0 Å². The van der Waals surface area contributed by atoms with Crippen molar-refractivity contribution in [3.63, 3.8) is 0 Å². The maximum Gasteiger partial charge on any atom is 0.169 e. The summed E-state index contributed by atoms with van der Waals surface area (Å²) in [7, 11) is 3.10. The van der Waals surface area contributed by atoms with E-state index in [4.69, 9.17) is 24.7 Å². The van der Waals surface area contributed by atoms with Gasteiger partial charge in [-0.2, -0.15) is 10.5 Å².